The van der Waals surface area contributed by atoms with E-state index >= 15 is 0 Å². The molecule has 0 bridgehead atoms. The molecule has 3 aromatic carbocycles. The summed E-state index contributed by atoms with van der Waals surface area (Å²) in [7, 11) is 0. The van der Waals surface area contributed by atoms with E-state index < -0.39 is 0 Å². The average Bonchev–Trinajstić information content (AvgIpc) is 2.74. The normalized spacial score (nSPS) is 13.1. The van der Waals surface area contributed by atoms with Gasteiger partial charge >= 0.3 is 0 Å². The molecule has 1 aliphatic rings. The van der Waals surface area contributed by atoms with Gasteiger partial charge in [-0.2, -0.15) is 0 Å². The Hall–Kier alpha value is -3.12. The minimum atomic E-state index is 1.10. The molecular formula is C27H24. The zero-order valence-corrected chi connectivity index (χ0v) is 15.7. The molecule has 0 saturated carbocycles. The molecule has 0 unspecified atom stereocenters. The molecule has 0 aromatic heterocycles. The smallest absolute Gasteiger partial charge is 0.00268 e. The number of allylic oxidation sites excluding steroid dienone is 5. The van der Waals surface area contributed by atoms with Crippen molar-refractivity contribution < 1.29 is 0 Å². The molecule has 0 spiro atoms. The maximum absolute atomic E-state index is 2.38. The highest BCUT2D eigenvalue weighted by Crippen LogP contribution is 2.39. The molecule has 1 aliphatic carbocycles. The molecule has 0 nitrogen and oxygen atoms in total. The summed E-state index contributed by atoms with van der Waals surface area (Å²) in [5.41, 5.74) is 9.04. The van der Waals surface area contributed by atoms with Gasteiger partial charge in [-0.25, -0.2) is 0 Å². The Morgan fingerprint density at radius 2 is 1.22 bits per heavy atom. The van der Waals surface area contributed by atoms with Gasteiger partial charge in [0, 0.05) is 0 Å². The van der Waals surface area contributed by atoms with Crippen molar-refractivity contribution in [3.05, 3.63) is 131 Å². The van der Waals surface area contributed by atoms with Crippen molar-refractivity contribution in [3.63, 3.8) is 0 Å². The van der Waals surface area contributed by atoms with Gasteiger partial charge < -0.3 is 0 Å². The Morgan fingerprint density at radius 1 is 0.630 bits per heavy atom. The predicted molar refractivity (Wildman–Crippen MR) is 116 cm³/mol. The maximum Gasteiger partial charge on any atom is -0.00268 e. The molecule has 3 aromatic rings. The highest BCUT2D eigenvalue weighted by atomic mass is 14.2. The Bertz CT molecular complexity index is 961. The van der Waals surface area contributed by atoms with Crippen LogP contribution in [0.4, 0.5) is 0 Å². The molecular weight excluding hydrogens is 324 g/mol. The van der Waals surface area contributed by atoms with Crippen molar-refractivity contribution in [3.8, 4) is 0 Å². The Morgan fingerprint density at radius 3 is 1.78 bits per heavy atom. The topological polar surface area (TPSA) is 0 Å². The van der Waals surface area contributed by atoms with Gasteiger partial charge in [-0.1, -0.05) is 103 Å². The van der Waals surface area contributed by atoms with Crippen LogP contribution in [-0.4, -0.2) is 0 Å². The third-order valence-electron chi connectivity index (χ3n) is 5.07. The molecule has 0 fully saturated rings. The summed E-state index contributed by atoms with van der Waals surface area (Å²) >= 11 is 0. The number of hydrogen-bond donors (Lipinski definition) is 0. The van der Waals surface area contributed by atoms with Crippen LogP contribution < -0.4 is 0 Å². The van der Waals surface area contributed by atoms with E-state index in [4.69, 9.17) is 0 Å². The molecule has 27 heavy (non-hydrogen) atoms. The highest BCUT2D eigenvalue weighted by Gasteiger charge is 2.18. The van der Waals surface area contributed by atoms with E-state index in [-0.39, 0.29) is 0 Å². The molecule has 4 rings (SSSR count). The van der Waals surface area contributed by atoms with Crippen molar-refractivity contribution in [1.29, 1.82) is 0 Å². The molecule has 0 saturated heterocycles. The van der Waals surface area contributed by atoms with Crippen molar-refractivity contribution >= 4 is 11.1 Å². The van der Waals surface area contributed by atoms with Crippen molar-refractivity contribution in [2.24, 2.45) is 0 Å². The van der Waals surface area contributed by atoms with Gasteiger partial charge in [0.25, 0.3) is 0 Å². The molecule has 0 aliphatic heterocycles. The lowest BCUT2D eigenvalue weighted by atomic mass is 9.83. The summed E-state index contributed by atoms with van der Waals surface area (Å²) in [6.07, 6.45) is 9.18. The van der Waals surface area contributed by atoms with Gasteiger partial charge in [-0.3, -0.25) is 0 Å². The first-order chi connectivity index (χ1) is 13.3. The van der Waals surface area contributed by atoms with Crippen molar-refractivity contribution in [2.45, 2.75) is 19.8 Å². The largest absolute Gasteiger partial charge is 0.0836 e. The Balaban J connectivity index is 2.09. The van der Waals surface area contributed by atoms with Crippen LogP contribution in [0.25, 0.3) is 11.1 Å². The minimum Gasteiger partial charge on any atom is -0.0836 e. The summed E-state index contributed by atoms with van der Waals surface area (Å²) in [5.74, 6) is 0. The molecule has 0 N–H and O–H groups in total. The lowest BCUT2D eigenvalue weighted by Gasteiger charge is -2.21. The maximum atomic E-state index is 2.38. The van der Waals surface area contributed by atoms with Crippen LogP contribution in [0.2, 0.25) is 0 Å². The predicted octanol–water partition coefficient (Wildman–Crippen LogP) is 7.23. The van der Waals surface area contributed by atoms with E-state index in [9.17, 15) is 0 Å². The summed E-state index contributed by atoms with van der Waals surface area (Å²) < 4.78 is 0. The summed E-state index contributed by atoms with van der Waals surface area (Å²) in [6.45, 7) is 2.20. The summed E-state index contributed by atoms with van der Waals surface area (Å²) in [5, 5.41) is 0. The Kier molecular flexibility index (Phi) is 5.16. The monoisotopic (exact) mass is 348 g/mol. The van der Waals surface area contributed by atoms with E-state index in [0.717, 1.165) is 12.8 Å². The third kappa shape index (κ3) is 3.71. The van der Waals surface area contributed by atoms with Crippen LogP contribution in [0.3, 0.4) is 0 Å². The van der Waals surface area contributed by atoms with E-state index in [1.54, 1.807) is 0 Å². The second kappa shape index (κ2) is 8.05. The number of rotatable bonds is 4. The van der Waals surface area contributed by atoms with Crippen LogP contribution >= 0.6 is 0 Å². The van der Waals surface area contributed by atoms with E-state index in [1.807, 2.05) is 0 Å². The van der Waals surface area contributed by atoms with Crippen LogP contribution in [0.15, 0.2) is 109 Å². The van der Waals surface area contributed by atoms with Crippen LogP contribution in [-0.2, 0) is 0 Å². The lowest BCUT2D eigenvalue weighted by Crippen LogP contribution is -2.00. The average molecular weight is 348 g/mol. The zero-order chi connectivity index (χ0) is 18.5. The van der Waals surface area contributed by atoms with Crippen LogP contribution in [0, 0.1) is 6.92 Å². The number of benzene rings is 3. The van der Waals surface area contributed by atoms with E-state index in [0.29, 0.717) is 0 Å². The minimum absolute atomic E-state index is 1.10. The SMILES string of the molecule is Cc1ccccc1C(C1=CCCC=C1)=C(c1ccccc1)c1ccccc1. The number of hydrogen-bond acceptors (Lipinski definition) is 0. The summed E-state index contributed by atoms with van der Waals surface area (Å²) in [6, 6.07) is 30.2. The van der Waals surface area contributed by atoms with Crippen LogP contribution in [0.5, 0.6) is 0 Å². The van der Waals surface area contributed by atoms with Crippen molar-refractivity contribution in [1.82, 2.24) is 0 Å². The fraction of sp³-hybridized carbons (Fsp3) is 0.111. The van der Waals surface area contributed by atoms with Gasteiger partial charge in [0.1, 0.15) is 0 Å². The molecule has 0 heterocycles. The van der Waals surface area contributed by atoms with Crippen molar-refractivity contribution in [2.75, 3.05) is 0 Å². The first-order valence-electron chi connectivity index (χ1n) is 9.63. The molecule has 0 radical (unpaired) electrons. The van der Waals surface area contributed by atoms with E-state index in [1.165, 1.54) is 39.0 Å². The second-order valence-corrected chi connectivity index (χ2v) is 6.94. The Labute approximate surface area is 162 Å². The molecule has 0 amide bonds. The first-order valence-corrected chi connectivity index (χ1v) is 9.63. The lowest BCUT2D eigenvalue weighted by molar-refractivity contribution is 1.03. The molecule has 132 valence electrons. The van der Waals surface area contributed by atoms with Crippen LogP contribution in [0.1, 0.15) is 35.1 Å². The summed E-state index contributed by atoms with van der Waals surface area (Å²) in [4.78, 5) is 0. The van der Waals surface area contributed by atoms with E-state index in [2.05, 4.69) is 110 Å². The zero-order valence-electron chi connectivity index (χ0n) is 15.7. The van der Waals surface area contributed by atoms with Gasteiger partial charge in [0.2, 0.25) is 0 Å². The fourth-order valence-corrected chi connectivity index (χ4v) is 3.75. The molecule has 0 heteroatoms. The van der Waals surface area contributed by atoms with Gasteiger partial charge in [0.05, 0.1) is 0 Å². The van der Waals surface area contributed by atoms with Gasteiger partial charge in [-0.15, -0.1) is 0 Å². The quantitative estimate of drug-likeness (QED) is 0.436. The third-order valence-corrected chi connectivity index (χ3v) is 5.07. The van der Waals surface area contributed by atoms with Gasteiger partial charge in [0.15, 0.2) is 0 Å². The number of aryl methyl sites for hydroxylation is 1. The molecule has 0 atom stereocenters. The first kappa shape index (κ1) is 17.3. The fourth-order valence-electron chi connectivity index (χ4n) is 3.75. The second-order valence-electron chi connectivity index (χ2n) is 6.94. The highest BCUT2D eigenvalue weighted by molar-refractivity contribution is 6.05. The standard InChI is InChI=1S/C27H24/c1-21-13-11-12-20-25(21)27(24-18-9-4-10-19-24)26(22-14-5-2-6-15-22)23-16-7-3-8-17-23/h2-3,5-9,11-20H,4,10H2,1H3. The van der Waals surface area contributed by atoms with Gasteiger partial charge in [-0.05, 0) is 58.7 Å².